The average Bonchev–Trinajstić information content (AvgIpc) is 2.39. The first-order valence-corrected chi connectivity index (χ1v) is 6.58. The Morgan fingerprint density at radius 1 is 0.889 bits per heavy atom. The molecule has 0 amide bonds. The van der Waals surface area contributed by atoms with Gasteiger partial charge in [0, 0.05) is 0 Å². The second-order valence-corrected chi connectivity index (χ2v) is 5.36. The fourth-order valence-corrected chi connectivity index (χ4v) is 2.97. The van der Waals surface area contributed by atoms with Gasteiger partial charge in [0.25, 0.3) is 0 Å². The maximum atomic E-state index is 10.5. The summed E-state index contributed by atoms with van der Waals surface area (Å²) in [7, 11) is 0. The van der Waals surface area contributed by atoms with Crippen molar-refractivity contribution < 1.29 is 5.11 Å². The van der Waals surface area contributed by atoms with E-state index in [0.29, 0.717) is 5.92 Å². The monoisotopic (exact) mass is 238 g/mol. The van der Waals surface area contributed by atoms with Gasteiger partial charge in [-0.15, -0.1) is 0 Å². The van der Waals surface area contributed by atoms with Crippen LogP contribution in [-0.2, 0) is 12.0 Å². The van der Waals surface area contributed by atoms with Crippen LogP contribution in [0.1, 0.15) is 24.0 Å². The van der Waals surface area contributed by atoms with Crippen molar-refractivity contribution in [2.24, 2.45) is 5.92 Å². The number of hydrogen-bond acceptors (Lipinski definition) is 1. The Balaban J connectivity index is 1.63. The lowest BCUT2D eigenvalue weighted by molar-refractivity contribution is -0.0794. The second-order valence-electron chi connectivity index (χ2n) is 5.36. The lowest BCUT2D eigenvalue weighted by Crippen LogP contribution is -2.41. The second kappa shape index (κ2) is 4.58. The molecule has 0 saturated heterocycles. The van der Waals surface area contributed by atoms with Crippen molar-refractivity contribution in [3.8, 4) is 0 Å². The van der Waals surface area contributed by atoms with E-state index >= 15 is 0 Å². The van der Waals surface area contributed by atoms with E-state index in [-0.39, 0.29) is 0 Å². The van der Waals surface area contributed by atoms with E-state index in [2.05, 4.69) is 24.3 Å². The van der Waals surface area contributed by atoms with E-state index in [9.17, 15) is 5.11 Å². The molecule has 0 aliphatic heterocycles. The van der Waals surface area contributed by atoms with Crippen molar-refractivity contribution >= 4 is 0 Å². The molecule has 0 atom stereocenters. The summed E-state index contributed by atoms with van der Waals surface area (Å²) in [4.78, 5) is 0. The van der Waals surface area contributed by atoms with E-state index in [0.717, 1.165) is 24.8 Å². The summed E-state index contributed by atoms with van der Waals surface area (Å²) in [6.07, 6.45) is 2.84. The smallest absolute Gasteiger partial charge is 0.0902 e. The van der Waals surface area contributed by atoms with Crippen LogP contribution in [-0.4, -0.2) is 5.11 Å². The van der Waals surface area contributed by atoms with Gasteiger partial charge < -0.3 is 5.11 Å². The molecule has 2 aromatic rings. The minimum absolute atomic E-state index is 0.583. The Labute approximate surface area is 108 Å². The van der Waals surface area contributed by atoms with Crippen LogP contribution in [0.3, 0.4) is 0 Å². The molecule has 1 heteroatoms. The Hall–Kier alpha value is -1.60. The molecule has 2 aromatic carbocycles. The lowest BCUT2D eigenvalue weighted by atomic mass is 9.65. The average molecular weight is 238 g/mol. The van der Waals surface area contributed by atoms with Gasteiger partial charge in [-0.05, 0) is 36.3 Å². The molecule has 1 nitrogen and oxygen atoms in total. The van der Waals surface area contributed by atoms with Gasteiger partial charge in [0.05, 0.1) is 5.60 Å². The van der Waals surface area contributed by atoms with Gasteiger partial charge in [0.15, 0.2) is 0 Å². The van der Waals surface area contributed by atoms with E-state index in [1.54, 1.807) is 0 Å². The van der Waals surface area contributed by atoms with Crippen molar-refractivity contribution in [3.63, 3.8) is 0 Å². The van der Waals surface area contributed by atoms with Crippen LogP contribution in [0.2, 0.25) is 0 Å². The van der Waals surface area contributed by atoms with Crippen molar-refractivity contribution in [1.82, 2.24) is 0 Å². The third kappa shape index (κ3) is 2.19. The van der Waals surface area contributed by atoms with Gasteiger partial charge in [0.2, 0.25) is 0 Å². The highest BCUT2D eigenvalue weighted by atomic mass is 16.3. The van der Waals surface area contributed by atoms with Crippen molar-refractivity contribution in [3.05, 3.63) is 71.8 Å². The summed E-state index contributed by atoms with van der Waals surface area (Å²) in [5.41, 5.74) is 1.85. The van der Waals surface area contributed by atoms with Gasteiger partial charge in [-0.1, -0.05) is 60.7 Å². The first-order valence-electron chi connectivity index (χ1n) is 6.58. The molecule has 1 N–H and O–H groups in total. The molecule has 3 rings (SSSR count). The molecule has 0 aromatic heterocycles. The number of benzene rings is 2. The molecule has 0 spiro atoms. The summed E-state index contributed by atoms with van der Waals surface area (Å²) in [5.74, 6) is 0.609. The quantitative estimate of drug-likeness (QED) is 0.867. The lowest BCUT2D eigenvalue weighted by Gasteiger charge is -2.44. The highest BCUT2D eigenvalue weighted by Crippen LogP contribution is 2.46. The zero-order valence-corrected chi connectivity index (χ0v) is 10.4. The number of hydrogen-bond donors (Lipinski definition) is 1. The topological polar surface area (TPSA) is 20.2 Å². The molecule has 0 heterocycles. The Morgan fingerprint density at radius 2 is 1.44 bits per heavy atom. The maximum absolute atomic E-state index is 10.5. The number of rotatable bonds is 3. The highest BCUT2D eigenvalue weighted by Gasteiger charge is 2.43. The minimum Gasteiger partial charge on any atom is -0.385 e. The van der Waals surface area contributed by atoms with Crippen LogP contribution < -0.4 is 0 Å². The van der Waals surface area contributed by atoms with Crippen LogP contribution in [0, 0.1) is 5.92 Å². The summed E-state index contributed by atoms with van der Waals surface area (Å²) in [6, 6.07) is 20.6. The van der Waals surface area contributed by atoms with Crippen LogP contribution in [0.5, 0.6) is 0 Å². The minimum atomic E-state index is -0.583. The molecule has 0 unspecified atom stereocenters. The first-order chi connectivity index (χ1) is 8.76. The summed E-state index contributed by atoms with van der Waals surface area (Å²) in [5, 5.41) is 10.5. The summed E-state index contributed by atoms with van der Waals surface area (Å²) >= 11 is 0. The van der Waals surface area contributed by atoms with Crippen LogP contribution in [0.25, 0.3) is 0 Å². The molecule has 0 radical (unpaired) electrons. The number of aliphatic hydroxyl groups is 1. The van der Waals surface area contributed by atoms with Crippen molar-refractivity contribution in [2.45, 2.75) is 24.9 Å². The SMILES string of the molecule is OC1(c2ccccc2)CC(Cc2ccccc2)C1. The van der Waals surface area contributed by atoms with Crippen LogP contribution >= 0.6 is 0 Å². The van der Waals surface area contributed by atoms with Gasteiger partial charge >= 0.3 is 0 Å². The molecule has 92 valence electrons. The fraction of sp³-hybridized carbons (Fsp3) is 0.294. The summed E-state index contributed by atoms with van der Waals surface area (Å²) < 4.78 is 0. The van der Waals surface area contributed by atoms with Gasteiger partial charge in [-0.3, -0.25) is 0 Å². The molecular weight excluding hydrogens is 220 g/mol. The van der Waals surface area contributed by atoms with E-state index in [4.69, 9.17) is 0 Å². The van der Waals surface area contributed by atoms with Gasteiger partial charge in [-0.2, -0.15) is 0 Å². The molecule has 1 fully saturated rings. The normalized spacial score (nSPS) is 26.6. The predicted molar refractivity (Wildman–Crippen MR) is 73.2 cm³/mol. The van der Waals surface area contributed by atoms with Crippen LogP contribution in [0.15, 0.2) is 60.7 Å². The van der Waals surface area contributed by atoms with E-state index in [1.165, 1.54) is 5.56 Å². The predicted octanol–water partition coefficient (Wildman–Crippen LogP) is 3.53. The van der Waals surface area contributed by atoms with Crippen molar-refractivity contribution in [1.29, 1.82) is 0 Å². The standard InChI is InChI=1S/C17H18O/c18-17(16-9-5-2-6-10-16)12-15(13-17)11-14-7-3-1-4-8-14/h1-10,15,18H,11-13H2. The van der Waals surface area contributed by atoms with Gasteiger partial charge in [-0.25, -0.2) is 0 Å². The Kier molecular flexibility index (Phi) is 2.92. The zero-order chi connectivity index (χ0) is 12.4. The third-order valence-corrected chi connectivity index (χ3v) is 3.93. The molecule has 1 aliphatic rings. The molecule has 18 heavy (non-hydrogen) atoms. The molecule has 1 saturated carbocycles. The first kappa shape index (κ1) is 11.5. The molecule has 0 bridgehead atoms. The summed E-state index contributed by atoms with van der Waals surface area (Å²) in [6.45, 7) is 0. The van der Waals surface area contributed by atoms with Gasteiger partial charge in [0.1, 0.15) is 0 Å². The van der Waals surface area contributed by atoms with Crippen molar-refractivity contribution in [2.75, 3.05) is 0 Å². The fourth-order valence-electron chi connectivity index (χ4n) is 2.97. The molecular formula is C17H18O. The Morgan fingerprint density at radius 3 is 2.06 bits per heavy atom. The highest BCUT2D eigenvalue weighted by molar-refractivity contribution is 5.26. The van der Waals surface area contributed by atoms with Crippen LogP contribution in [0.4, 0.5) is 0 Å². The zero-order valence-electron chi connectivity index (χ0n) is 10.4. The largest absolute Gasteiger partial charge is 0.385 e. The third-order valence-electron chi connectivity index (χ3n) is 3.93. The Bertz CT molecular complexity index is 498. The van der Waals surface area contributed by atoms with E-state index < -0.39 is 5.60 Å². The molecule has 1 aliphatic carbocycles. The van der Waals surface area contributed by atoms with E-state index in [1.807, 2.05) is 36.4 Å². The maximum Gasteiger partial charge on any atom is 0.0902 e.